The van der Waals surface area contributed by atoms with E-state index in [-0.39, 0.29) is 18.4 Å². The molecule has 5 nitrogen and oxygen atoms in total. The van der Waals surface area contributed by atoms with E-state index < -0.39 is 12.2 Å². The van der Waals surface area contributed by atoms with Gasteiger partial charge in [0, 0.05) is 0 Å². The smallest absolute Gasteiger partial charge is 0.310 e. The summed E-state index contributed by atoms with van der Waals surface area (Å²) in [6.45, 7) is 2.15. The monoisotopic (exact) mass is 289 g/mol. The second kappa shape index (κ2) is 7.04. The van der Waals surface area contributed by atoms with E-state index in [0.29, 0.717) is 6.61 Å². The molecule has 5 heteroatoms. The van der Waals surface area contributed by atoms with Crippen molar-refractivity contribution in [2.45, 2.75) is 25.6 Å². The molecule has 1 saturated heterocycles. The normalized spacial score (nSPS) is 21.7. The average molecular weight is 289 g/mol. The maximum absolute atomic E-state index is 12.3. The Kier molecular flexibility index (Phi) is 5.11. The molecule has 1 heterocycles. The standard InChI is InChI=1S/C16H19NO4/c1-3-7-14(18)17-13(12-8-5-4-6-9-12)11-21-15(17)10-16(19)20-2/h3-9,13,15H,10-11H2,1-2H3/b7-3+/t13-,15?/m1/s1. The van der Waals surface area contributed by atoms with Crippen LogP contribution in [-0.2, 0) is 19.1 Å². The molecule has 2 atom stereocenters. The predicted molar refractivity (Wildman–Crippen MR) is 77.2 cm³/mol. The van der Waals surface area contributed by atoms with Crippen molar-refractivity contribution in [1.29, 1.82) is 0 Å². The maximum atomic E-state index is 12.3. The quantitative estimate of drug-likeness (QED) is 0.629. The largest absolute Gasteiger partial charge is 0.469 e. The molecule has 0 N–H and O–H groups in total. The number of carbonyl (C=O) groups excluding carboxylic acids is 2. The lowest BCUT2D eigenvalue weighted by molar-refractivity contribution is -0.147. The molecule has 0 saturated carbocycles. The number of carbonyl (C=O) groups is 2. The summed E-state index contributed by atoms with van der Waals surface area (Å²) in [5.74, 6) is -0.565. The van der Waals surface area contributed by atoms with Crippen LogP contribution in [0.3, 0.4) is 0 Å². The molecular formula is C16H19NO4. The van der Waals surface area contributed by atoms with Gasteiger partial charge in [-0.15, -0.1) is 0 Å². The zero-order valence-electron chi connectivity index (χ0n) is 12.2. The molecule has 1 fully saturated rings. The van der Waals surface area contributed by atoms with Gasteiger partial charge in [-0.3, -0.25) is 9.59 Å². The Labute approximate surface area is 124 Å². The van der Waals surface area contributed by atoms with Gasteiger partial charge >= 0.3 is 5.97 Å². The number of hydrogen-bond acceptors (Lipinski definition) is 4. The fraction of sp³-hybridized carbons (Fsp3) is 0.375. The molecule has 1 aromatic carbocycles. The fourth-order valence-electron chi connectivity index (χ4n) is 2.40. The first-order chi connectivity index (χ1) is 10.2. The van der Waals surface area contributed by atoms with Crippen LogP contribution in [0.1, 0.15) is 24.9 Å². The van der Waals surface area contributed by atoms with Gasteiger partial charge in [0.15, 0.2) is 0 Å². The molecule has 0 aromatic heterocycles. The van der Waals surface area contributed by atoms with Crippen LogP contribution in [0.5, 0.6) is 0 Å². The molecule has 1 aliphatic heterocycles. The van der Waals surface area contributed by atoms with Crippen LogP contribution in [0.4, 0.5) is 0 Å². The van der Waals surface area contributed by atoms with Crippen molar-refractivity contribution in [1.82, 2.24) is 4.90 Å². The number of esters is 1. The molecule has 1 unspecified atom stereocenters. The van der Waals surface area contributed by atoms with Gasteiger partial charge in [0.1, 0.15) is 6.23 Å². The Hall–Kier alpha value is -2.14. The van der Waals surface area contributed by atoms with Gasteiger partial charge in [-0.1, -0.05) is 36.4 Å². The third-order valence-electron chi connectivity index (χ3n) is 3.41. The Morgan fingerprint density at radius 3 is 2.71 bits per heavy atom. The van der Waals surface area contributed by atoms with Crippen molar-refractivity contribution in [3.05, 3.63) is 48.0 Å². The van der Waals surface area contributed by atoms with Crippen LogP contribution in [0, 0.1) is 0 Å². The number of allylic oxidation sites excluding steroid dienone is 1. The van der Waals surface area contributed by atoms with Crippen molar-refractivity contribution in [3.63, 3.8) is 0 Å². The highest BCUT2D eigenvalue weighted by atomic mass is 16.5. The minimum absolute atomic E-state index is 0.0309. The molecule has 0 radical (unpaired) electrons. The highest BCUT2D eigenvalue weighted by molar-refractivity contribution is 5.88. The van der Waals surface area contributed by atoms with Crippen LogP contribution in [0.25, 0.3) is 0 Å². The molecule has 112 valence electrons. The summed E-state index contributed by atoms with van der Waals surface area (Å²) in [5, 5.41) is 0. The van der Waals surface area contributed by atoms with Crippen LogP contribution in [-0.4, -0.2) is 36.7 Å². The molecule has 1 amide bonds. The van der Waals surface area contributed by atoms with Crippen molar-refractivity contribution < 1.29 is 19.1 Å². The third-order valence-corrected chi connectivity index (χ3v) is 3.41. The second-order valence-electron chi connectivity index (χ2n) is 4.74. The number of rotatable bonds is 4. The summed E-state index contributed by atoms with van der Waals surface area (Å²) in [6.07, 6.45) is 2.60. The van der Waals surface area contributed by atoms with Crippen LogP contribution in [0.15, 0.2) is 42.5 Å². The number of amides is 1. The zero-order chi connectivity index (χ0) is 15.2. The summed E-state index contributed by atoms with van der Waals surface area (Å²) in [5.41, 5.74) is 0.989. The number of benzene rings is 1. The fourth-order valence-corrected chi connectivity index (χ4v) is 2.40. The molecule has 1 aromatic rings. The summed E-state index contributed by atoms with van der Waals surface area (Å²) >= 11 is 0. The highest BCUT2D eigenvalue weighted by Gasteiger charge is 2.39. The van der Waals surface area contributed by atoms with E-state index in [0.717, 1.165) is 5.56 Å². The van der Waals surface area contributed by atoms with E-state index in [1.165, 1.54) is 13.2 Å². The third kappa shape index (κ3) is 3.49. The Balaban J connectivity index is 2.25. The van der Waals surface area contributed by atoms with Crippen molar-refractivity contribution in [3.8, 4) is 0 Å². The van der Waals surface area contributed by atoms with Crippen LogP contribution in [0.2, 0.25) is 0 Å². The predicted octanol–water partition coefficient (Wildman–Crippen LogP) is 2.05. The molecule has 0 bridgehead atoms. The number of hydrogen-bond donors (Lipinski definition) is 0. The first kappa shape index (κ1) is 15.3. The SMILES string of the molecule is C/C=C/C(=O)N1C(CC(=O)OC)OC[C@@H]1c1ccccc1. The van der Waals surface area contributed by atoms with Crippen molar-refractivity contribution in [2.24, 2.45) is 0 Å². The summed E-state index contributed by atoms with van der Waals surface area (Å²) < 4.78 is 10.3. The zero-order valence-corrected chi connectivity index (χ0v) is 12.2. The Bertz CT molecular complexity index is 526. The minimum atomic E-state index is -0.591. The molecular weight excluding hydrogens is 270 g/mol. The summed E-state index contributed by atoms with van der Waals surface area (Å²) in [4.78, 5) is 25.4. The molecule has 0 aliphatic carbocycles. The average Bonchev–Trinajstić information content (AvgIpc) is 2.92. The van der Waals surface area contributed by atoms with E-state index in [1.54, 1.807) is 17.9 Å². The van der Waals surface area contributed by atoms with Gasteiger partial charge in [-0.05, 0) is 18.6 Å². The number of nitrogens with zero attached hydrogens (tertiary/aromatic N) is 1. The lowest BCUT2D eigenvalue weighted by Crippen LogP contribution is -2.38. The minimum Gasteiger partial charge on any atom is -0.469 e. The summed E-state index contributed by atoms with van der Waals surface area (Å²) in [6, 6.07) is 9.46. The molecule has 1 aliphatic rings. The number of ether oxygens (including phenoxy) is 2. The maximum Gasteiger partial charge on any atom is 0.310 e. The van der Waals surface area contributed by atoms with Gasteiger partial charge in [-0.2, -0.15) is 0 Å². The van der Waals surface area contributed by atoms with Gasteiger partial charge in [0.2, 0.25) is 5.91 Å². The summed E-state index contributed by atoms with van der Waals surface area (Å²) in [7, 11) is 1.32. The molecule has 0 spiro atoms. The highest BCUT2D eigenvalue weighted by Crippen LogP contribution is 2.32. The van der Waals surface area contributed by atoms with Gasteiger partial charge in [0.05, 0.1) is 26.2 Å². The molecule has 2 rings (SSSR count). The topological polar surface area (TPSA) is 55.8 Å². The van der Waals surface area contributed by atoms with E-state index in [1.807, 2.05) is 30.3 Å². The van der Waals surface area contributed by atoms with E-state index in [9.17, 15) is 9.59 Å². The van der Waals surface area contributed by atoms with Gasteiger partial charge in [-0.25, -0.2) is 0 Å². The van der Waals surface area contributed by atoms with E-state index in [2.05, 4.69) is 4.74 Å². The van der Waals surface area contributed by atoms with Gasteiger partial charge < -0.3 is 14.4 Å². The van der Waals surface area contributed by atoms with E-state index >= 15 is 0 Å². The van der Waals surface area contributed by atoms with Crippen molar-refractivity contribution in [2.75, 3.05) is 13.7 Å². The van der Waals surface area contributed by atoms with E-state index in [4.69, 9.17) is 4.74 Å². The molecule has 21 heavy (non-hydrogen) atoms. The lowest BCUT2D eigenvalue weighted by atomic mass is 10.1. The lowest BCUT2D eigenvalue weighted by Gasteiger charge is -2.27. The second-order valence-corrected chi connectivity index (χ2v) is 4.74. The van der Waals surface area contributed by atoms with Gasteiger partial charge in [0.25, 0.3) is 0 Å². The first-order valence-corrected chi connectivity index (χ1v) is 6.85. The first-order valence-electron chi connectivity index (χ1n) is 6.85. The Morgan fingerprint density at radius 2 is 2.10 bits per heavy atom. The number of methoxy groups -OCH3 is 1. The van der Waals surface area contributed by atoms with Crippen LogP contribution < -0.4 is 0 Å². The van der Waals surface area contributed by atoms with Crippen LogP contribution >= 0.6 is 0 Å². The Morgan fingerprint density at radius 1 is 1.38 bits per heavy atom. The van der Waals surface area contributed by atoms with Crippen molar-refractivity contribution >= 4 is 11.9 Å².